The van der Waals surface area contributed by atoms with Crippen molar-refractivity contribution in [1.82, 2.24) is 0 Å². The molecule has 0 spiro atoms. The number of hydrogen-bond donors (Lipinski definition) is 0. The molecule has 88 valence electrons. The maximum absolute atomic E-state index is 2.61. The second-order valence-electron chi connectivity index (χ2n) is 6.12. The summed E-state index contributed by atoms with van der Waals surface area (Å²) < 4.78 is 0. The highest BCUT2D eigenvalue weighted by molar-refractivity contribution is 5.63. The van der Waals surface area contributed by atoms with E-state index >= 15 is 0 Å². The minimum atomic E-state index is 0.232. The van der Waals surface area contributed by atoms with Crippen molar-refractivity contribution in [2.24, 2.45) is 0 Å². The van der Waals surface area contributed by atoms with Gasteiger partial charge >= 0.3 is 0 Å². The van der Waals surface area contributed by atoms with Gasteiger partial charge in [0, 0.05) is 16.8 Å². The number of para-hydroxylation sites is 1. The van der Waals surface area contributed by atoms with Gasteiger partial charge in [-0.25, -0.2) is 0 Å². The summed E-state index contributed by atoms with van der Waals surface area (Å²) in [6, 6.07) is 8.83. The molecule has 0 bridgehead atoms. The first-order valence-corrected chi connectivity index (χ1v) is 6.27. The molecular formula is C15H23N. The van der Waals surface area contributed by atoms with E-state index in [1.54, 1.807) is 0 Å². The summed E-state index contributed by atoms with van der Waals surface area (Å²) in [5.41, 5.74) is 3.40. The molecule has 16 heavy (non-hydrogen) atoms. The van der Waals surface area contributed by atoms with Crippen molar-refractivity contribution in [1.29, 1.82) is 0 Å². The molecule has 0 saturated carbocycles. The first kappa shape index (κ1) is 11.5. The maximum Gasteiger partial charge on any atom is 0.0408 e. The third-order valence-electron chi connectivity index (χ3n) is 3.93. The lowest BCUT2D eigenvalue weighted by Crippen LogP contribution is -2.53. The third kappa shape index (κ3) is 1.63. The highest BCUT2D eigenvalue weighted by Gasteiger charge is 2.42. The van der Waals surface area contributed by atoms with Gasteiger partial charge in [0.05, 0.1) is 0 Å². The molecule has 1 aliphatic rings. The summed E-state index contributed by atoms with van der Waals surface area (Å²) >= 11 is 0. The van der Waals surface area contributed by atoms with Crippen molar-refractivity contribution in [3.8, 4) is 0 Å². The van der Waals surface area contributed by atoms with Gasteiger partial charge in [-0.05, 0) is 52.2 Å². The minimum Gasteiger partial charge on any atom is -0.361 e. The normalized spacial score (nSPS) is 18.7. The summed E-state index contributed by atoms with van der Waals surface area (Å²) in [7, 11) is 0. The van der Waals surface area contributed by atoms with E-state index in [2.05, 4.69) is 63.8 Å². The number of hydrogen-bond acceptors (Lipinski definition) is 1. The van der Waals surface area contributed by atoms with Gasteiger partial charge in [0.25, 0.3) is 0 Å². The summed E-state index contributed by atoms with van der Waals surface area (Å²) in [6.45, 7) is 11.7. The Labute approximate surface area is 99.5 Å². The summed E-state index contributed by atoms with van der Waals surface area (Å²) in [6.07, 6.45) is 2.33. The molecule has 0 atom stereocenters. The van der Waals surface area contributed by atoms with E-state index in [4.69, 9.17) is 0 Å². The molecule has 2 rings (SSSR count). The first-order chi connectivity index (χ1) is 7.38. The fourth-order valence-electron chi connectivity index (χ4n) is 3.05. The predicted molar refractivity (Wildman–Crippen MR) is 71.1 cm³/mol. The standard InChI is InChI=1S/C15H23N/c1-6-14(2,3)16-13-10-8-7-9-12(13)11-15(16,4)5/h7-10H,6,11H2,1-5H3. The van der Waals surface area contributed by atoms with Gasteiger partial charge in [0.15, 0.2) is 0 Å². The number of rotatable bonds is 2. The van der Waals surface area contributed by atoms with Crippen molar-refractivity contribution in [2.45, 2.75) is 58.5 Å². The molecule has 0 unspecified atom stereocenters. The van der Waals surface area contributed by atoms with Crippen LogP contribution in [-0.2, 0) is 6.42 Å². The zero-order valence-corrected chi connectivity index (χ0v) is 11.2. The van der Waals surface area contributed by atoms with Gasteiger partial charge in [-0.15, -0.1) is 0 Å². The molecule has 0 amide bonds. The highest BCUT2D eigenvalue weighted by atomic mass is 15.3. The summed E-state index contributed by atoms with van der Waals surface area (Å²) in [5, 5.41) is 0. The van der Waals surface area contributed by atoms with Crippen LogP contribution >= 0.6 is 0 Å². The Kier molecular flexibility index (Phi) is 2.52. The zero-order chi connectivity index (χ0) is 12.0. The van der Waals surface area contributed by atoms with E-state index in [0.29, 0.717) is 0 Å². The molecule has 1 aromatic carbocycles. The molecular weight excluding hydrogens is 194 g/mol. The maximum atomic E-state index is 2.61. The van der Waals surface area contributed by atoms with E-state index in [1.807, 2.05) is 0 Å². The average Bonchev–Trinajstić information content (AvgIpc) is 2.47. The van der Waals surface area contributed by atoms with E-state index in [0.717, 1.165) is 6.42 Å². The molecule has 1 aliphatic heterocycles. The van der Waals surface area contributed by atoms with Gasteiger partial charge < -0.3 is 4.90 Å². The van der Waals surface area contributed by atoms with Crippen molar-refractivity contribution >= 4 is 5.69 Å². The van der Waals surface area contributed by atoms with Crippen LogP contribution in [0.15, 0.2) is 24.3 Å². The molecule has 0 radical (unpaired) electrons. The third-order valence-corrected chi connectivity index (χ3v) is 3.93. The van der Waals surface area contributed by atoms with Crippen LogP contribution in [0.5, 0.6) is 0 Å². The Morgan fingerprint density at radius 2 is 1.88 bits per heavy atom. The van der Waals surface area contributed by atoms with Crippen molar-refractivity contribution in [2.75, 3.05) is 4.90 Å². The second kappa shape index (κ2) is 3.51. The Morgan fingerprint density at radius 1 is 1.25 bits per heavy atom. The van der Waals surface area contributed by atoms with E-state index < -0.39 is 0 Å². The lowest BCUT2D eigenvalue weighted by molar-refractivity contribution is 0.347. The van der Waals surface area contributed by atoms with Crippen LogP contribution in [0.2, 0.25) is 0 Å². The fourth-order valence-corrected chi connectivity index (χ4v) is 3.05. The molecule has 1 nitrogen and oxygen atoms in total. The van der Waals surface area contributed by atoms with E-state index in [9.17, 15) is 0 Å². The van der Waals surface area contributed by atoms with E-state index in [1.165, 1.54) is 17.7 Å². The Hall–Kier alpha value is -0.980. The summed E-state index contributed by atoms with van der Waals surface area (Å²) in [4.78, 5) is 2.61. The quantitative estimate of drug-likeness (QED) is 0.723. The number of fused-ring (bicyclic) bond motifs is 1. The van der Waals surface area contributed by atoms with Gasteiger partial charge in [0.1, 0.15) is 0 Å². The minimum absolute atomic E-state index is 0.232. The lowest BCUT2D eigenvalue weighted by atomic mass is 9.92. The largest absolute Gasteiger partial charge is 0.361 e. The van der Waals surface area contributed by atoms with Crippen LogP contribution in [-0.4, -0.2) is 11.1 Å². The first-order valence-electron chi connectivity index (χ1n) is 6.27. The number of nitrogens with zero attached hydrogens (tertiary/aromatic N) is 1. The molecule has 0 fully saturated rings. The van der Waals surface area contributed by atoms with Crippen LogP contribution in [0.1, 0.15) is 46.6 Å². The molecule has 0 N–H and O–H groups in total. The number of benzene rings is 1. The van der Waals surface area contributed by atoms with Crippen LogP contribution in [0.4, 0.5) is 5.69 Å². The summed E-state index contributed by atoms with van der Waals surface area (Å²) in [5.74, 6) is 0. The van der Waals surface area contributed by atoms with Gasteiger partial charge in [-0.3, -0.25) is 0 Å². The van der Waals surface area contributed by atoms with Crippen LogP contribution in [0.25, 0.3) is 0 Å². The van der Waals surface area contributed by atoms with Crippen molar-refractivity contribution in [3.05, 3.63) is 29.8 Å². The molecule has 0 aliphatic carbocycles. The smallest absolute Gasteiger partial charge is 0.0408 e. The molecule has 1 heteroatoms. The highest BCUT2D eigenvalue weighted by Crippen LogP contribution is 2.43. The van der Waals surface area contributed by atoms with Crippen LogP contribution in [0.3, 0.4) is 0 Å². The van der Waals surface area contributed by atoms with E-state index in [-0.39, 0.29) is 11.1 Å². The molecule has 0 saturated heterocycles. The SMILES string of the molecule is CCC(C)(C)N1c2ccccc2CC1(C)C. The van der Waals surface area contributed by atoms with Gasteiger partial charge in [-0.2, -0.15) is 0 Å². The Balaban J connectivity index is 2.51. The average molecular weight is 217 g/mol. The fraction of sp³-hybridized carbons (Fsp3) is 0.600. The number of anilines is 1. The Bertz CT molecular complexity index is 382. The van der Waals surface area contributed by atoms with Crippen LogP contribution in [0, 0.1) is 0 Å². The van der Waals surface area contributed by atoms with Crippen molar-refractivity contribution in [3.63, 3.8) is 0 Å². The molecule has 1 heterocycles. The molecule has 1 aromatic rings. The monoisotopic (exact) mass is 217 g/mol. The van der Waals surface area contributed by atoms with Gasteiger partial charge in [-0.1, -0.05) is 25.1 Å². The zero-order valence-electron chi connectivity index (χ0n) is 11.2. The van der Waals surface area contributed by atoms with Gasteiger partial charge in [0.2, 0.25) is 0 Å². The van der Waals surface area contributed by atoms with Crippen LogP contribution < -0.4 is 4.90 Å². The topological polar surface area (TPSA) is 3.24 Å². The van der Waals surface area contributed by atoms with Crippen molar-refractivity contribution < 1.29 is 0 Å². The lowest BCUT2D eigenvalue weighted by Gasteiger charge is -2.46. The Morgan fingerprint density at radius 3 is 2.50 bits per heavy atom. The second-order valence-corrected chi connectivity index (χ2v) is 6.12. The molecule has 0 aromatic heterocycles. The predicted octanol–water partition coefficient (Wildman–Crippen LogP) is 4.02.